The van der Waals surface area contributed by atoms with Gasteiger partial charge in [0.2, 0.25) is 21.7 Å². The number of para-hydroxylation sites is 2. The van der Waals surface area contributed by atoms with E-state index in [0.29, 0.717) is 24.6 Å². The highest BCUT2D eigenvalue weighted by atomic mass is 32.2. The monoisotopic (exact) mass is 610 g/mol. The average molecular weight is 611 g/mol. The van der Waals surface area contributed by atoms with E-state index in [-0.39, 0.29) is 11.8 Å². The van der Waals surface area contributed by atoms with Gasteiger partial charge >= 0.3 is 0 Å². The standard InChI is InChI=1S/C26H26N8O2S4/c35-21(15-37-23-29-31-25-33(23)17-9-3-5-11-19(17)39-25)27-13-7-1-2-8-14-28-22(36)16-38-24-30-32-26-34(24)18-10-4-6-12-20(18)40-26/h3-6,9-12H,1-2,7-8,13-16H2,(H,27,35)(H,28,36). The molecule has 40 heavy (non-hydrogen) atoms. The Morgan fingerprint density at radius 1 is 0.650 bits per heavy atom. The Bertz CT molecular complexity index is 1660. The maximum absolute atomic E-state index is 12.3. The van der Waals surface area contributed by atoms with E-state index in [1.807, 2.05) is 45.2 Å². The van der Waals surface area contributed by atoms with Gasteiger partial charge in [-0.2, -0.15) is 0 Å². The molecule has 0 saturated heterocycles. The van der Waals surface area contributed by atoms with E-state index < -0.39 is 0 Å². The number of fused-ring (bicyclic) bond motifs is 6. The molecule has 0 aliphatic carbocycles. The lowest BCUT2D eigenvalue weighted by Crippen LogP contribution is -2.27. The largest absolute Gasteiger partial charge is 0.355 e. The number of carbonyl (C=O) groups is 2. The maximum Gasteiger partial charge on any atom is 0.230 e. The SMILES string of the molecule is O=C(CSc1nnc2sc3ccccc3n12)NCCCCCCNC(=O)CSc1nnc2sc3ccccc3n12. The van der Waals surface area contributed by atoms with Crippen LogP contribution in [-0.2, 0) is 9.59 Å². The van der Waals surface area contributed by atoms with Crippen molar-refractivity contribution in [3.63, 3.8) is 0 Å². The minimum atomic E-state index is -0.00792. The number of nitrogens with zero attached hydrogens (tertiary/aromatic N) is 6. The van der Waals surface area contributed by atoms with Gasteiger partial charge in [-0.1, -0.05) is 83.3 Å². The van der Waals surface area contributed by atoms with Crippen LogP contribution in [0.3, 0.4) is 0 Å². The zero-order chi connectivity index (χ0) is 27.3. The third-order valence-corrected chi connectivity index (χ3v) is 10.1. The van der Waals surface area contributed by atoms with Gasteiger partial charge < -0.3 is 10.6 Å². The molecule has 6 aromatic rings. The molecular formula is C26H26N8O2S4. The summed E-state index contributed by atoms with van der Waals surface area (Å²) in [6.45, 7) is 1.28. The van der Waals surface area contributed by atoms with Crippen LogP contribution in [0.4, 0.5) is 0 Å². The van der Waals surface area contributed by atoms with Crippen molar-refractivity contribution >= 4 is 88.4 Å². The molecule has 206 valence electrons. The van der Waals surface area contributed by atoms with E-state index in [2.05, 4.69) is 43.2 Å². The molecule has 0 unspecified atom stereocenters. The maximum atomic E-state index is 12.3. The number of thioether (sulfide) groups is 2. The fraction of sp³-hybridized carbons (Fsp3) is 0.308. The number of hydrogen-bond donors (Lipinski definition) is 2. The van der Waals surface area contributed by atoms with E-state index in [1.54, 1.807) is 22.7 Å². The van der Waals surface area contributed by atoms with Gasteiger partial charge in [0.1, 0.15) is 0 Å². The van der Waals surface area contributed by atoms with Crippen LogP contribution < -0.4 is 10.6 Å². The zero-order valence-electron chi connectivity index (χ0n) is 21.4. The molecule has 6 rings (SSSR count). The first-order valence-corrected chi connectivity index (χ1v) is 16.5. The van der Waals surface area contributed by atoms with E-state index in [4.69, 9.17) is 0 Å². The number of carbonyl (C=O) groups excluding carboxylic acids is 2. The average Bonchev–Trinajstić information content (AvgIpc) is 3.72. The summed E-state index contributed by atoms with van der Waals surface area (Å²) in [6, 6.07) is 16.2. The Hall–Kier alpha value is -3.20. The van der Waals surface area contributed by atoms with Crippen molar-refractivity contribution < 1.29 is 9.59 Å². The van der Waals surface area contributed by atoms with Gasteiger partial charge in [0.25, 0.3) is 0 Å². The second kappa shape index (κ2) is 12.5. The van der Waals surface area contributed by atoms with Crippen LogP contribution in [0, 0.1) is 0 Å². The number of aromatic nitrogens is 6. The Kier molecular flexibility index (Phi) is 8.46. The van der Waals surface area contributed by atoms with Crippen LogP contribution >= 0.6 is 46.2 Å². The number of nitrogens with one attached hydrogen (secondary N) is 2. The van der Waals surface area contributed by atoms with Crippen LogP contribution in [0.25, 0.3) is 30.4 Å². The van der Waals surface area contributed by atoms with E-state index in [9.17, 15) is 9.59 Å². The number of thiazole rings is 2. The van der Waals surface area contributed by atoms with Gasteiger partial charge in [-0.25, -0.2) is 0 Å². The third-order valence-electron chi connectivity index (χ3n) is 6.23. The van der Waals surface area contributed by atoms with Gasteiger partial charge in [0.15, 0.2) is 10.3 Å². The van der Waals surface area contributed by atoms with Crippen molar-refractivity contribution in [2.75, 3.05) is 24.6 Å². The number of rotatable bonds is 13. The lowest BCUT2D eigenvalue weighted by atomic mass is 10.2. The molecule has 2 amide bonds. The second-order valence-corrected chi connectivity index (χ2v) is 12.9. The summed E-state index contributed by atoms with van der Waals surface area (Å²) in [5.74, 6) is 0.591. The highest BCUT2D eigenvalue weighted by Gasteiger charge is 2.15. The molecule has 14 heteroatoms. The molecule has 0 radical (unpaired) electrons. The van der Waals surface area contributed by atoms with Gasteiger partial charge in [-0.05, 0) is 37.1 Å². The van der Waals surface area contributed by atoms with Gasteiger partial charge in [-0.15, -0.1) is 20.4 Å². The molecule has 0 aliphatic rings. The molecule has 0 saturated carbocycles. The summed E-state index contributed by atoms with van der Waals surface area (Å²) >= 11 is 5.98. The van der Waals surface area contributed by atoms with Crippen molar-refractivity contribution in [1.82, 2.24) is 39.8 Å². The molecule has 10 nitrogen and oxygen atoms in total. The minimum absolute atomic E-state index is 0.00792. The Morgan fingerprint density at radius 3 is 1.57 bits per heavy atom. The molecule has 0 aliphatic heterocycles. The van der Waals surface area contributed by atoms with Crippen LogP contribution in [0.1, 0.15) is 25.7 Å². The van der Waals surface area contributed by atoms with Crippen LogP contribution in [-0.4, -0.2) is 65.6 Å². The van der Waals surface area contributed by atoms with E-state index in [0.717, 1.165) is 66.4 Å². The second-order valence-electron chi connectivity index (χ2n) is 9.03. The summed E-state index contributed by atoms with van der Waals surface area (Å²) < 4.78 is 6.32. The van der Waals surface area contributed by atoms with E-state index in [1.165, 1.54) is 23.5 Å². The van der Waals surface area contributed by atoms with Crippen LogP contribution in [0.15, 0.2) is 58.8 Å². The van der Waals surface area contributed by atoms with Crippen molar-refractivity contribution in [2.45, 2.75) is 36.0 Å². The third kappa shape index (κ3) is 5.94. The quantitative estimate of drug-likeness (QED) is 0.140. The van der Waals surface area contributed by atoms with Gasteiger partial charge in [0, 0.05) is 13.1 Å². The fourth-order valence-electron chi connectivity index (χ4n) is 4.32. The predicted octanol–water partition coefficient (Wildman–Crippen LogP) is 4.88. The number of amides is 2. The molecule has 4 aromatic heterocycles. The molecule has 0 atom stereocenters. The minimum Gasteiger partial charge on any atom is -0.355 e. The Morgan fingerprint density at radius 2 is 1.10 bits per heavy atom. The Balaban J connectivity index is 0.835. The van der Waals surface area contributed by atoms with Crippen LogP contribution in [0.2, 0.25) is 0 Å². The molecule has 2 aromatic carbocycles. The molecule has 0 bridgehead atoms. The molecule has 2 N–H and O–H groups in total. The highest BCUT2D eigenvalue weighted by molar-refractivity contribution is 8.00. The lowest BCUT2D eigenvalue weighted by Gasteiger charge is -2.06. The zero-order valence-corrected chi connectivity index (χ0v) is 24.7. The number of hydrogen-bond acceptors (Lipinski definition) is 10. The van der Waals surface area contributed by atoms with Crippen molar-refractivity contribution in [3.05, 3.63) is 48.5 Å². The summed E-state index contributed by atoms with van der Waals surface area (Å²) in [7, 11) is 0. The predicted molar refractivity (Wildman–Crippen MR) is 163 cm³/mol. The first-order chi connectivity index (χ1) is 19.7. The van der Waals surface area contributed by atoms with Crippen molar-refractivity contribution in [2.24, 2.45) is 0 Å². The molecule has 4 heterocycles. The topological polar surface area (TPSA) is 119 Å². The van der Waals surface area contributed by atoms with Gasteiger partial charge in [0.05, 0.1) is 31.9 Å². The molecule has 0 spiro atoms. The normalized spacial score (nSPS) is 11.7. The smallest absolute Gasteiger partial charge is 0.230 e. The fourth-order valence-corrected chi connectivity index (χ4v) is 7.91. The summed E-state index contributed by atoms with van der Waals surface area (Å²) in [6.07, 6.45) is 3.80. The van der Waals surface area contributed by atoms with Crippen LogP contribution in [0.5, 0.6) is 0 Å². The first-order valence-electron chi connectivity index (χ1n) is 12.9. The van der Waals surface area contributed by atoms with E-state index >= 15 is 0 Å². The van der Waals surface area contributed by atoms with Gasteiger partial charge in [-0.3, -0.25) is 18.4 Å². The summed E-state index contributed by atoms with van der Waals surface area (Å²) in [5.41, 5.74) is 2.13. The highest BCUT2D eigenvalue weighted by Crippen LogP contribution is 2.30. The summed E-state index contributed by atoms with van der Waals surface area (Å²) in [5, 5.41) is 24.4. The summed E-state index contributed by atoms with van der Waals surface area (Å²) in [4.78, 5) is 26.3. The molecule has 0 fully saturated rings. The first kappa shape index (κ1) is 27.0. The van der Waals surface area contributed by atoms with Crippen molar-refractivity contribution in [3.8, 4) is 0 Å². The molecular weight excluding hydrogens is 585 g/mol. The Labute approximate surface area is 246 Å². The number of benzene rings is 2. The number of unbranched alkanes of at least 4 members (excludes halogenated alkanes) is 3. The van der Waals surface area contributed by atoms with Crippen molar-refractivity contribution in [1.29, 1.82) is 0 Å². The lowest BCUT2D eigenvalue weighted by molar-refractivity contribution is -0.119.